The number of piperazine rings is 1. The van der Waals surface area contributed by atoms with Crippen molar-refractivity contribution in [1.82, 2.24) is 19.8 Å². The van der Waals surface area contributed by atoms with Crippen LogP contribution in [0, 0.1) is 0 Å². The van der Waals surface area contributed by atoms with E-state index >= 15 is 0 Å². The van der Waals surface area contributed by atoms with Gasteiger partial charge >= 0.3 is 6.01 Å². The van der Waals surface area contributed by atoms with E-state index in [0.717, 1.165) is 76.7 Å². The maximum atomic E-state index is 5.55. The fourth-order valence-electron chi connectivity index (χ4n) is 5.27. The second-order valence-corrected chi connectivity index (χ2v) is 9.98. The summed E-state index contributed by atoms with van der Waals surface area (Å²) in [6, 6.07) is 15.6. The van der Waals surface area contributed by atoms with Gasteiger partial charge in [0.05, 0.1) is 19.3 Å². The molecule has 2 aliphatic rings. The maximum Gasteiger partial charge on any atom is 0.318 e. The molecular weight excluding hydrogens is 448 g/mol. The Morgan fingerprint density at radius 2 is 1.72 bits per heavy atom. The lowest BCUT2D eigenvalue weighted by Crippen LogP contribution is -2.47. The Kier molecular flexibility index (Phi) is 7.68. The molecule has 1 fully saturated rings. The van der Waals surface area contributed by atoms with E-state index in [-0.39, 0.29) is 0 Å². The monoisotopic (exact) mass is 486 g/mol. The van der Waals surface area contributed by atoms with Gasteiger partial charge in [-0.3, -0.25) is 4.90 Å². The maximum absolute atomic E-state index is 5.55. The van der Waals surface area contributed by atoms with Gasteiger partial charge in [0.25, 0.3) is 0 Å². The number of ether oxygens (including phenoxy) is 1. The average Bonchev–Trinajstić information content (AvgIpc) is 2.91. The SMILES string of the molecule is COc1nc2c(c(N3CCN(CC/C=C/CN(C)C)CC3)n1)CCN(c1cccc3ccccc13)C2. The topological polar surface area (TPSA) is 48.0 Å². The molecule has 2 aliphatic heterocycles. The van der Waals surface area contributed by atoms with Gasteiger partial charge in [-0.05, 0) is 38.4 Å². The Labute approximate surface area is 215 Å². The molecule has 0 aliphatic carbocycles. The van der Waals surface area contributed by atoms with Crippen LogP contribution in [0.5, 0.6) is 6.01 Å². The van der Waals surface area contributed by atoms with Crippen molar-refractivity contribution in [2.45, 2.75) is 19.4 Å². The summed E-state index contributed by atoms with van der Waals surface area (Å²) in [5.41, 5.74) is 3.64. The van der Waals surface area contributed by atoms with E-state index in [1.807, 2.05) is 0 Å². The molecule has 7 nitrogen and oxygen atoms in total. The largest absolute Gasteiger partial charge is 0.467 e. The van der Waals surface area contributed by atoms with Crippen molar-refractivity contribution in [2.24, 2.45) is 0 Å². The van der Waals surface area contributed by atoms with Gasteiger partial charge in [-0.1, -0.05) is 48.6 Å². The number of aromatic nitrogens is 2. The zero-order chi connectivity index (χ0) is 24.9. The van der Waals surface area contributed by atoms with E-state index in [1.165, 1.54) is 22.0 Å². The number of hydrogen-bond acceptors (Lipinski definition) is 7. The normalized spacial score (nSPS) is 16.8. The van der Waals surface area contributed by atoms with E-state index < -0.39 is 0 Å². The molecule has 0 saturated carbocycles. The number of benzene rings is 2. The second-order valence-electron chi connectivity index (χ2n) is 9.98. The van der Waals surface area contributed by atoms with Gasteiger partial charge in [0.15, 0.2) is 0 Å². The fourth-order valence-corrected chi connectivity index (χ4v) is 5.27. The summed E-state index contributed by atoms with van der Waals surface area (Å²) >= 11 is 0. The highest BCUT2D eigenvalue weighted by molar-refractivity contribution is 5.94. The van der Waals surface area contributed by atoms with Crippen molar-refractivity contribution in [3.63, 3.8) is 0 Å². The Morgan fingerprint density at radius 1 is 0.917 bits per heavy atom. The van der Waals surface area contributed by atoms with E-state index in [9.17, 15) is 0 Å². The second kappa shape index (κ2) is 11.3. The smallest absolute Gasteiger partial charge is 0.318 e. The van der Waals surface area contributed by atoms with Crippen LogP contribution >= 0.6 is 0 Å². The predicted octanol–water partition coefficient (Wildman–Crippen LogP) is 3.83. The Morgan fingerprint density at radius 3 is 2.53 bits per heavy atom. The Bertz CT molecular complexity index is 1200. The predicted molar refractivity (Wildman–Crippen MR) is 148 cm³/mol. The third-order valence-corrected chi connectivity index (χ3v) is 7.23. The van der Waals surface area contributed by atoms with Crippen LogP contribution in [0.4, 0.5) is 11.5 Å². The molecule has 5 rings (SSSR count). The third kappa shape index (κ3) is 5.47. The molecule has 7 heteroatoms. The highest BCUT2D eigenvalue weighted by Crippen LogP contribution is 2.34. The lowest BCUT2D eigenvalue weighted by atomic mass is 10.0. The van der Waals surface area contributed by atoms with Crippen molar-refractivity contribution in [2.75, 3.05) is 76.8 Å². The van der Waals surface area contributed by atoms with E-state index in [1.54, 1.807) is 7.11 Å². The number of nitrogens with zero attached hydrogens (tertiary/aromatic N) is 6. The standard InChI is InChI=1S/C29H38N6O/c1-32(2)15-7-4-8-16-33-18-20-34(21-19-33)28-25-14-17-35(22-26(25)30-29(31-28)36-3)27-13-9-11-23-10-5-6-12-24(23)27/h4-7,9-13H,8,14-22H2,1-3H3/b7-4+. The molecule has 1 saturated heterocycles. The van der Waals surface area contributed by atoms with Crippen LogP contribution in [0.15, 0.2) is 54.6 Å². The van der Waals surface area contributed by atoms with Crippen LogP contribution in [0.1, 0.15) is 17.7 Å². The Balaban J connectivity index is 1.29. The summed E-state index contributed by atoms with van der Waals surface area (Å²) in [6.45, 7) is 7.95. The van der Waals surface area contributed by atoms with Crippen molar-refractivity contribution in [3.05, 3.63) is 65.9 Å². The van der Waals surface area contributed by atoms with Gasteiger partial charge in [0.1, 0.15) is 5.82 Å². The molecule has 36 heavy (non-hydrogen) atoms. The number of anilines is 2. The van der Waals surface area contributed by atoms with E-state index in [4.69, 9.17) is 14.7 Å². The van der Waals surface area contributed by atoms with Crippen LogP contribution in [0.2, 0.25) is 0 Å². The highest BCUT2D eigenvalue weighted by atomic mass is 16.5. The summed E-state index contributed by atoms with van der Waals surface area (Å²) < 4.78 is 5.55. The summed E-state index contributed by atoms with van der Waals surface area (Å²) in [7, 11) is 5.87. The van der Waals surface area contributed by atoms with Gasteiger partial charge in [-0.2, -0.15) is 9.97 Å². The van der Waals surface area contributed by atoms with Crippen LogP contribution in [-0.2, 0) is 13.0 Å². The minimum Gasteiger partial charge on any atom is -0.467 e. The summed E-state index contributed by atoms with van der Waals surface area (Å²) in [5, 5.41) is 2.56. The summed E-state index contributed by atoms with van der Waals surface area (Å²) in [6.07, 6.45) is 6.61. The minimum absolute atomic E-state index is 0.469. The molecule has 0 atom stereocenters. The first-order valence-corrected chi connectivity index (χ1v) is 13.1. The van der Waals surface area contributed by atoms with Crippen molar-refractivity contribution < 1.29 is 4.74 Å². The lowest BCUT2D eigenvalue weighted by molar-refractivity contribution is 0.261. The first-order valence-electron chi connectivity index (χ1n) is 13.1. The summed E-state index contributed by atoms with van der Waals surface area (Å²) in [4.78, 5) is 19.3. The molecule has 0 N–H and O–H groups in total. The number of fused-ring (bicyclic) bond motifs is 2. The highest BCUT2D eigenvalue weighted by Gasteiger charge is 2.28. The van der Waals surface area contributed by atoms with Gasteiger partial charge in [0.2, 0.25) is 0 Å². The van der Waals surface area contributed by atoms with Gasteiger partial charge in [-0.15, -0.1) is 0 Å². The molecule has 3 heterocycles. The van der Waals surface area contributed by atoms with Gasteiger partial charge in [-0.25, -0.2) is 0 Å². The molecule has 2 aromatic carbocycles. The zero-order valence-electron chi connectivity index (χ0n) is 21.9. The van der Waals surface area contributed by atoms with Crippen LogP contribution in [0.25, 0.3) is 10.8 Å². The Hall–Kier alpha value is -3.16. The van der Waals surface area contributed by atoms with E-state index in [0.29, 0.717) is 6.01 Å². The summed E-state index contributed by atoms with van der Waals surface area (Å²) in [5.74, 6) is 1.07. The van der Waals surface area contributed by atoms with Crippen LogP contribution < -0.4 is 14.5 Å². The first kappa shape index (κ1) is 24.5. The molecule has 0 bridgehead atoms. The molecule has 0 amide bonds. The van der Waals surface area contributed by atoms with E-state index in [2.05, 4.69) is 88.3 Å². The third-order valence-electron chi connectivity index (χ3n) is 7.23. The minimum atomic E-state index is 0.469. The molecule has 0 unspecified atom stereocenters. The molecular formula is C29H38N6O. The molecule has 190 valence electrons. The molecule has 0 radical (unpaired) electrons. The van der Waals surface area contributed by atoms with Crippen molar-refractivity contribution >= 4 is 22.3 Å². The number of hydrogen-bond donors (Lipinski definition) is 0. The molecule has 1 aromatic heterocycles. The van der Waals surface area contributed by atoms with Gasteiger partial charge in [0, 0.05) is 62.5 Å². The van der Waals surface area contributed by atoms with Crippen molar-refractivity contribution in [1.29, 1.82) is 0 Å². The molecule has 0 spiro atoms. The zero-order valence-corrected chi connectivity index (χ0v) is 21.9. The number of rotatable bonds is 8. The quantitative estimate of drug-likeness (QED) is 0.449. The first-order chi connectivity index (χ1) is 17.6. The van der Waals surface area contributed by atoms with Gasteiger partial charge < -0.3 is 19.4 Å². The number of likely N-dealkylation sites (N-methyl/N-ethyl adjacent to an activating group) is 1. The average molecular weight is 487 g/mol. The number of methoxy groups -OCH3 is 1. The lowest BCUT2D eigenvalue weighted by Gasteiger charge is -2.38. The van der Waals surface area contributed by atoms with Crippen LogP contribution in [0.3, 0.4) is 0 Å². The molecule has 3 aromatic rings. The van der Waals surface area contributed by atoms with Crippen LogP contribution in [-0.4, -0.2) is 86.8 Å². The van der Waals surface area contributed by atoms with Crippen molar-refractivity contribution in [3.8, 4) is 6.01 Å². The fraction of sp³-hybridized carbons (Fsp3) is 0.448.